The van der Waals surface area contributed by atoms with E-state index in [1.807, 2.05) is 12.1 Å². The van der Waals surface area contributed by atoms with Crippen molar-refractivity contribution in [3.8, 4) is 11.1 Å². The summed E-state index contributed by atoms with van der Waals surface area (Å²) >= 11 is 0. The van der Waals surface area contributed by atoms with Gasteiger partial charge in [0.1, 0.15) is 5.58 Å². The highest BCUT2D eigenvalue weighted by atomic mass is 16.3. The molecule has 0 fully saturated rings. The fraction of sp³-hybridized carbons (Fsp3) is 0.143. The zero-order valence-electron chi connectivity index (χ0n) is 17.4. The molecule has 1 heterocycles. The predicted molar refractivity (Wildman–Crippen MR) is 126 cm³/mol. The Morgan fingerprint density at radius 2 is 1.33 bits per heavy atom. The van der Waals surface area contributed by atoms with Crippen LogP contribution >= 0.6 is 0 Å². The first-order valence-corrected chi connectivity index (χ1v) is 10.4. The van der Waals surface area contributed by atoms with Crippen LogP contribution in [0.5, 0.6) is 0 Å². The van der Waals surface area contributed by atoms with Crippen LogP contribution in [0, 0.1) is 0 Å². The van der Waals surface area contributed by atoms with Gasteiger partial charge in [0, 0.05) is 34.5 Å². The van der Waals surface area contributed by atoms with Gasteiger partial charge in [-0.05, 0) is 34.9 Å². The molecule has 0 atom stereocenters. The highest BCUT2D eigenvalue weighted by Gasteiger charge is 2.37. The van der Waals surface area contributed by atoms with E-state index < -0.39 is 0 Å². The molecule has 0 aliphatic heterocycles. The molecule has 0 radical (unpaired) electrons. The Kier molecular flexibility index (Phi) is 3.47. The van der Waals surface area contributed by atoms with Crippen molar-refractivity contribution < 1.29 is 4.42 Å². The third-order valence-electron chi connectivity index (χ3n) is 6.69. The zero-order chi connectivity index (χ0) is 20.5. The van der Waals surface area contributed by atoms with Crippen LogP contribution in [0.25, 0.3) is 33.1 Å². The van der Waals surface area contributed by atoms with Crippen molar-refractivity contribution >= 4 is 33.3 Å². The minimum Gasteiger partial charge on any atom is -0.454 e. The molecule has 1 aliphatic rings. The Morgan fingerprint density at radius 1 is 0.667 bits per heavy atom. The summed E-state index contributed by atoms with van der Waals surface area (Å²) in [5.41, 5.74) is 9.58. The normalized spacial score (nSPS) is 14.1. The summed E-state index contributed by atoms with van der Waals surface area (Å²) < 4.78 is 6.31. The largest absolute Gasteiger partial charge is 0.454 e. The Bertz CT molecular complexity index is 1440. The van der Waals surface area contributed by atoms with Crippen LogP contribution in [0.4, 0.5) is 11.4 Å². The molecule has 2 heteroatoms. The molecule has 0 amide bonds. The van der Waals surface area contributed by atoms with E-state index in [0.29, 0.717) is 0 Å². The maximum absolute atomic E-state index is 6.31. The quantitative estimate of drug-likeness (QED) is 0.308. The van der Waals surface area contributed by atoms with Crippen LogP contribution in [0.15, 0.2) is 89.3 Å². The number of benzene rings is 4. The van der Waals surface area contributed by atoms with Gasteiger partial charge < -0.3 is 9.32 Å². The monoisotopic (exact) mass is 389 g/mol. The molecule has 1 aromatic heterocycles. The van der Waals surface area contributed by atoms with Crippen molar-refractivity contribution in [3.63, 3.8) is 0 Å². The molecular formula is C28H23NO. The van der Waals surface area contributed by atoms with Crippen molar-refractivity contribution in [2.24, 2.45) is 0 Å². The third kappa shape index (κ3) is 2.19. The number of nitrogens with zero attached hydrogens (tertiary/aromatic N) is 1. The smallest absolute Gasteiger partial charge is 0.159 e. The van der Waals surface area contributed by atoms with Gasteiger partial charge in [-0.2, -0.15) is 0 Å². The summed E-state index contributed by atoms with van der Waals surface area (Å²) in [7, 11) is 2.14. The molecule has 0 unspecified atom stereocenters. The summed E-state index contributed by atoms with van der Waals surface area (Å²) in [6, 6.07) is 30.1. The summed E-state index contributed by atoms with van der Waals surface area (Å²) in [6.45, 7) is 4.64. The number of fused-ring (bicyclic) bond motifs is 6. The highest BCUT2D eigenvalue weighted by molar-refractivity contribution is 6.09. The first-order chi connectivity index (χ1) is 14.6. The summed E-state index contributed by atoms with van der Waals surface area (Å²) in [5.74, 6) is 0. The number of hydrogen-bond acceptors (Lipinski definition) is 2. The zero-order valence-corrected chi connectivity index (χ0v) is 17.4. The summed E-state index contributed by atoms with van der Waals surface area (Å²) in [6.07, 6.45) is 0. The van der Waals surface area contributed by atoms with E-state index in [2.05, 4.69) is 98.6 Å². The first kappa shape index (κ1) is 17.3. The number of rotatable bonds is 2. The molecule has 4 aromatic carbocycles. The van der Waals surface area contributed by atoms with Gasteiger partial charge in [-0.3, -0.25) is 0 Å². The lowest BCUT2D eigenvalue weighted by Crippen LogP contribution is -2.16. The van der Waals surface area contributed by atoms with Crippen LogP contribution in [0.2, 0.25) is 0 Å². The number of furan rings is 1. The summed E-state index contributed by atoms with van der Waals surface area (Å²) in [4.78, 5) is 2.28. The minimum absolute atomic E-state index is 0.00581. The fourth-order valence-corrected chi connectivity index (χ4v) is 5.14. The van der Waals surface area contributed by atoms with Gasteiger partial charge in [0.2, 0.25) is 0 Å². The summed E-state index contributed by atoms with van der Waals surface area (Å²) in [5, 5.41) is 2.32. The van der Waals surface area contributed by atoms with Gasteiger partial charge in [-0.1, -0.05) is 80.6 Å². The van der Waals surface area contributed by atoms with E-state index in [0.717, 1.165) is 27.6 Å². The van der Waals surface area contributed by atoms with E-state index in [1.54, 1.807) is 0 Å². The van der Waals surface area contributed by atoms with Crippen molar-refractivity contribution in [2.75, 3.05) is 11.9 Å². The second-order valence-electron chi connectivity index (χ2n) is 8.68. The van der Waals surface area contributed by atoms with Gasteiger partial charge >= 0.3 is 0 Å². The molecule has 0 saturated carbocycles. The van der Waals surface area contributed by atoms with Crippen molar-refractivity contribution in [2.45, 2.75) is 19.3 Å². The Labute approximate surface area is 176 Å². The Hall–Kier alpha value is -3.52. The predicted octanol–water partition coefficient (Wildman–Crippen LogP) is 7.66. The van der Waals surface area contributed by atoms with Crippen LogP contribution in [-0.4, -0.2) is 7.05 Å². The molecule has 0 saturated heterocycles. The van der Waals surface area contributed by atoms with E-state index in [1.165, 1.54) is 27.9 Å². The van der Waals surface area contributed by atoms with Crippen molar-refractivity contribution in [3.05, 3.63) is 96.1 Å². The molecular weight excluding hydrogens is 366 g/mol. The van der Waals surface area contributed by atoms with Crippen LogP contribution in [0.1, 0.15) is 25.0 Å². The van der Waals surface area contributed by atoms with Crippen LogP contribution in [0.3, 0.4) is 0 Å². The van der Waals surface area contributed by atoms with Gasteiger partial charge in [0.25, 0.3) is 0 Å². The lowest BCUT2D eigenvalue weighted by molar-refractivity contribution is 0.660. The highest BCUT2D eigenvalue weighted by Crippen LogP contribution is 2.53. The number of hydrogen-bond donors (Lipinski definition) is 0. The first-order valence-electron chi connectivity index (χ1n) is 10.4. The van der Waals surface area contributed by atoms with Crippen molar-refractivity contribution in [1.29, 1.82) is 0 Å². The Morgan fingerprint density at radius 3 is 2.23 bits per heavy atom. The molecule has 0 N–H and O–H groups in total. The van der Waals surface area contributed by atoms with Crippen LogP contribution < -0.4 is 4.90 Å². The fourth-order valence-electron chi connectivity index (χ4n) is 5.14. The second-order valence-corrected chi connectivity index (χ2v) is 8.68. The van der Waals surface area contributed by atoms with Gasteiger partial charge in [0.15, 0.2) is 5.58 Å². The molecule has 5 aromatic rings. The third-order valence-corrected chi connectivity index (χ3v) is 6.69. The molecule has 2 nitrogen and oxygen atoms in total. The van der Waals surface area contributed by atoms with E-state index in [9.17, 15) is 0 Å². The lowest BCUT2D eigenvalue weighted by atomic mass is 9.82. The van der Waals surface area contributed by atoms with Gasteiger partial charge in [-0.25, -0.2) is 0 Å². The van der Waals surface area contributed by atoms with Gasteiger partial charge in [0.05, 0.1) is 5.69 Å². The molecule has 0 spiro atoms. The van der Waals surface area contributed by atoms with E-state index >= 15 is 0 Å². The second kappa shape index (κ2) is 5.99. The average molecular weight is 389 g/mol. The molecule has 30 heavy (non-hydrogen) atoms. The topological polar surface area (TPSA) is 16.4 Å². The average Bonchev–Trinajstić information content (AvgIpc) is 3.27. The van der Waals surface area contributed by atoms with Crippen LogP contribution in [-0.2, 0) is 5.41 Å². The Balaban J connectivity index is 1.61. The molecule has 0 bridgehead atoms. The molecule has 1 aliphatic carbocycles. The lowest BCUT2D eigenvalue weighted by Gasteiger charge is -2.25. The minimum atomic E-state index is -0.00581. The SMILES string of the molecule is CN(c1cccc2c1-c1ccccc1C2(C)C)c1cccc2c1oc1ccccc12. The molecule has 146 valence electrons. The van der Waals surface area contributed by atoms with Gasteiger partial charge in [-0.15, -0.1) is 0 Å². The van der Waals surface area contributed by atoms with Crippen molar-refractivity contribution in [1.82, 2.24) is 0 Å². The maximum atomic E-state index is 6.31. The van der Waals surface area contributed by atoms with E-state index in [-0.39, 0.29) is 5.41 Å². The number of para-hydroxylation sites is 2. The van der Waals surface area contributed by atoms with E-state index in [4.69, 9.17) is 4.42 Å². The maximum Gasteiger partial charge on any atom is 0.159 e. The standard InChI is InChI=1S/C28H23NO/c1-28(2)21-13-6-4-11-20(21)26-22(28)14-9-15-23(26)29(3)24-16-8-12-19-18-10-5-7-17-25(18)30-27(19)24/h4-17H,1-3H3. The number of anilines is 2. The molecule has 6 rings (SSSR count).